The van der Waals surface area contributed by atoms with Gasteiger partial charge in [-0.2, -0.15) is 8.42 Å². The maximum Gasteiger partial charge on any atom is 0.339 e. The molecule has 5 nitrogen and oxygen atoms in total. The fourth-order valence-electron chi connectivity index (χ4n) is 1.92. The lowest BCUT2D eigenvalue weighted by Crippen LogP contribution is -2.12. The van der Waals surface area contributed by atoms with Crippen LogP contribution in [0.25, 0.3) is 0 Å². The first kappa shape index (κ1) is 18.0. The van der Waals surface area contributed by atoms with E-state index in [4.69, 9.17) is 8.92 Å². The van der Waals surface area contributed by atoms with Crippen LogP contribution in [0.5, 0.6) is 11.5 Å². The summed E-state index contributed by atoms with van der Waals surface area (Å²) in [6, 6.07) is 9.65. The van der Waals surface area contributed by atoms with Crippen LogP contribution in [0.1, 0.15) is 18.1 Å². The second-order valence-corrected chi connectivity index (χ2v) is 7.56. The van der Waals surface area contributed by atoms with Gasteiger partial charge in [-0.05, 0) is 66.3 Å². The number of benzene rings is 2. The van der Waals surface area contributed by atoms with E-state index in [1.165, 1.54) is 12.1 Å². The molecule has 0 aromatic heterocycles. The molecule has 0 aliphatic rings. The average Bonchev–Trinajstić information content (AvgIpc) is 2.51. The van der Waals surface area contributed by atoms with Crippen LogP contribution in [0.4, 0.5) is 0 Å². The van der Waals surface area contributed by atoms with Crippen LogP contribution in [-0.4, -0.2) is 20.1 Å². The quantitative estimate of drug-likeness (QED) is 0.543. The van der Waals surface area contributed by atoms with Crippen LogP contribution >= 0.6 is 22.6 Å². The van der Waals surface area contributed by atoms with Gasteiger partial charge in [-0.3, -0.25) is 0 Å². The molecule has 0 saturated heterocycles. The Balaban J connectivity index is 2.43. The lowest BCUT2D eigenvalue weighted by Gasteiger charge is -2.15. The third kappa shape index (κ3) is 4.36. The molecule has 0 atom stereocenters. The molecule has 1 N–H and O–H groups in total. The molecule has 7 heteroatoms. The van der Waals surface area contributed by atoms with Gasteiger partial charge in [0.25, 0.3) is 0 Å². The molecule has 2 aromatic carbocycles. The average molecular weight is 448 g/mol. The highest BCUT2D eigenvalue weighted by atomic mass is 127. The van der Waals surface area contributed by atoms with E-state index in [0.717, 1.165) is 5.56 Å². The number of aliphatic hydroxyl groups excluding tert-OH is 1. The number of rotatable bonds is 6. The lowest BCUT2D eigenvalue weighted by atomic mass is 10.2. The third-order valence-electron chi connectivity index (χ3n) is 3.05. The smallest absolute Gasteiger partial charge is 0.339 e. The van der Waals surface area contributed by atoms with Crippen LogP contribution in [-0.2, 0) is 16.7 Å². The van der Waals surface area contributed by atoms with E-state index in [2.05, 4.69) is 0 Å². The van der Waals surface area contributed by atoms with Gasteiger partial charge in [0.2, 0.25) is 0 Å². The van der Waals surface area contributed by atoms with Gasteiger partial charge in [0.05, 0.1) is 16.8 Å². The van der Waals surface area contributed by atoms with Crippen LogP contribution in [0, 0.1) is 10.5 Å². The lowest BCUT2D eigenvalue weighted by molar-refractivity contribution is 0.279. The van der Waals surface area contributed by atoms with E-state index in [-0.39, 0.29) is 17.3 Å². The van der Waals surface area contributed by atoms with Gasteiger partial charge in [0, 0.05) is 0 Å². The largest absolute Gasteiger partial charge is 0.490 e. The van der Waals surface area contributed by atoms with E-state index in [1.54, 1.807) is 31.2 Å². The van der Waals surface area contributed by atoms with E-state index < -0.39 is 10.1 Å². The number of ether oxygens (including phenoxy) is 1. The molecule has 0 aliphatic heterocycles. The molecule has 0 radical (unpaired) electrons. The predicted molar refractivity (Wildman–Crippen MR) is 95.2 cm³/mol. The van der Waals surface area contributed by atoms with Gasteiger partial charge in [-0.15, -0.1) is 0 Å². The summed E-state index contributed by atoms with van der Waals surface area (Å²) in [5.41, 5.74) is 1.58. The van der Waals surface area contributed by atoms with Crippen LogP contribution in [0.3, 0.4) is 0 Å². The van der Waals surface area contributed by atoms with E-state index in [9.17, 15) is 13.5 Å². The normalized spacial score (nSPS) is 11.3. The SMILES string of the molecule is CCOc1cc(CO)cc(I)c1OS(=O)(=O)c1ccc(C)cc1. The van der Waals surface area contributed by atoms with Crippen LogP contribution in [0.15, 0.2) is 41.3 Å². The van der Waals surface area contributed by atoms with Crippen molar-refractivity contribution in [3.63, 3.8) is 0 Å². The molecule has 0 spiro atoms. The highest BCUT2D eigenvalue weighted by molar-refractivity contribution is 14.1. The summed E-state index contributed by atoms with van der Waals surface area (Å²) in [4.78, 5) is 0.0765. The molecule has 0 amide bonds. The minimum atomic E-state index is -3.96. The zero-order valence-electron chi connectivity index (χ0n) is 12.7. The molecule has 2 rings (SSSR count). The Labute approximate surface area is 149 Å². The Morgan fingerprint density at radius 2 is 1.83 bits per heavy atom. The second-order valence-electron chi connectivity index (χ2n) is 4.85. The molecule has 124 valence electrons. The molecule has 0 aliphatic carbocycles. The first-order valence-electron chi connectivity index (χ1n) is 6.94. The minimum Gasteiger partial charge on any atom is -0.490 e. The number of hydrogen-bond acceptors (Lipinski definition) is 5. The highest BCUT2D eigenvalue weighted by Crippen LogP contribution is 2.36. The summed E-state index contributed by atoms with van der Waals surface area (Å²) >= 11 is 1.96. The molecular weight excluding hydrogens is 431 g/mol. The van der Waals surface area contributed by atoms with E-state index in [1.807, 2.05) is 29.5 Å². The van der Waals surface area contributed by atoms with Gasteiger partial charge in [0.15, 0.2) is 11.5 Å². The van der Waals surface area contributed by atoms with Crippen molar-refractivity contribution in [3.8, 4) is 11.5 Å². The molecule has 0 bridgehead atoms. The van der Waals surface area contributed by atoms with Gasteiger partial charge in [-0.1, -0.05) is 17.7 Å². The molecule has 0 fully saturated rings. The Bertz CT molecular complexity index is 785. The third-order valence-corrected chi connectivity index (χ3v) is 5.09. The van der Waals surface area contributed by atoms with Crippen LogP contribution < -0.4 is 8.92 Å². The summed E-state index contributed by atoms with van der Waals surface area (Å²) in [5.74, 6) is 0.421. The van der Waals surface area contributed by atoms with E-state index in [0.29, 0.717) is 21.5 Å². The van der Waals surface area contributed by atoms with Crippen molar-refractivity contribution in [2.75, 3.05) is 6.61 Å². The molecule has 0 unspecified atom stereocenters. The number of hydrogen-bond donors (Lipinski definition) is 1. The molecule has 23 heavy (non-hydrogen) atoms. The number of aryl methyl sites for hydroxylation is 1. The Morgan fingerprint density at radius 3 is 2.39 bits per heavy atom. The minimum absolute atomic E-state index is 0.0765. The summed E-state index contributed by atoms with van der Waals surface area (Å²) in [5, 5.41) is 9.26. The van der Waals surface area contributed by atoms with Gasteiger partial charge in [-0.25, -0.2) is 0 Å². The van der Waals surface area contributed by atoms with Crippen molar-refractivity contribution in [2.45, 2.75) is 25.3 Å². The highest BCUT2D eigenvalue weighted by Gasteiger charge is 2.22. The van der Waals surface area contributed by atoms with Gasteiger partial charge >= 0.3 is 10.1 Å². The molecular formula is C16H17IO5S. The zero-order valence-corrected chi connectivity index (χ0v) is 15.7. The first-order valence-corrected chi connectivity index (χ1v) is 9.43. The fourth-order valence-corrected chi connectivity index (χ4v) is 3.80. The zero-order chi connectivity index (χ0) is 17.0. The Hall–Kier alpha value is -1.32. The number of aliphatic hydroxyl groups is 1. The standard InChI is InChI=1S/C16H17IO5S/c1-3-21-15-9-12(10-18)8-14(17)16(15)22-23(19,20)13-6-4-11(2)5-7-13/h4-9,18H,3,10H2,1-2H3. The van der Waals surface area contributed by atoms with Crippen LogP contribution in [0.2, 0.25) is 0 Å². The summed E-state index contributed by atoms with van der Waals surface area (Å²) < 4.78 is 36.2. The van der Waals surface area contributed by atoms with Crippen molar-refractivity contribution in [1.82, 2.24) is 0 Å². The van der Waals surface area contributed by atoms with Gasteiger partial charge in [0.1, 0.15) is 4.90 Å². The van der Waals surface area contributed by atoms with Crippen molar-refractivity contribution in [1.29, 1.82) is 0 Å². The fraction of sp³-hybridized carbons (Fsp3) is 0.250. The van der Waals surface area contributed by atoms with Crippen molar-refractivity contribution < 1.29 is 22.4 Å². The second kappa shape index (κ2) is 7.50. The van der Waals surface area contributed by atoms with Crippen molar-refractivity contribution in [2.24, 2.45) is 0 Å². The molecule has 0 saturated carbocycles. The van der Waals surface area contributed by atoms with E-state index >= 15 is 0 Å². The summed E-state index contributed by atoms with van der Waals surface area (Å²) in [7, 11) is -3.96. The maximum absolute atomic E-state index is 12.4. The Kier molecular flexibility index (Phi) is 5.88. The topological polar surface area (TPSA) is 72.8 Å². The monoisotopic (exact) mass is 448 g/mol. The van der Waals surface area contributed by atoms with Gasteiger partial charge < -0.3 is 14.0 Å². The maximum atomic E-state index is 12.4. The Morgan fingerprint density at radius 1 is 1.17 bits per heavy atom. The molecule has 0 heterocycles. The van der Waals surface area contributed by atoms with Crippen molar-refractivity contribution in [3.05, 3.63) is 51.1 Å². The summed E-state index contributed by atoms with van der Waals surface area (Å²) in [6.07, 6.45) is 0. The number of halogens is 1. The predicted octanol–water partition coefficient (Wildman–Crippen LogP) is 3.26. The molecule has 2 aromatic rings. The first-order chi connectivity index (χ1) is 10.9. The summed E-state index contributed by atoms with van der Waals surface area (Å²) in [6.45, 7) is 3.85. The van der Waals surface area contributed by atoms with Crippen molar-refractivity contribution >= 4 is 32.7 Å².